The molecule has 146 valence electrons. The van der Waals surface area contributed by atoms with Gasteiger partial charge in [-0.05, 0) is 26.0 Å². The Morgan fingerprint density at radius 2 is 2.04 bits per heavy atom. The highest BCUT2D eigenvalue weighted by Crippen LogP contribution is 2.08. The van der Waals surface area contributed by atoms with Crippen LogP contribution in [-0.4, -0.2) is 49.4 Å². The highest BCUT2D eigenvalue weighted by Gasteiger charge is 2.20. The molecule has 3 aromatic heterocycles. The average molecular weight is 386 g/mol. The van der Waals surface area contributed by atoms with Crippen LogP contribution in [0.1, 0.15) is 29.9 Å². The van der Waals surface area contributed by atoms with E-state index in [1.165, 1.54) is 23.2 Å². The monoisotopic (exact) mass is 386 g/mol. The number of halogens is 1. The summed E-state index contributed by atoms with van der Waals surface area (Å²) in [6.07, 6.45) is 2.14. The zero-order valence-electron chi connectivity index (χ0n) is 15.6. The number of hydrogen-bond acceptors (Lipinski definition) is 5. The molecule has 0 fully saturated rings. The van der Waals surface area contributed by atoms with E-state index in [9.17, 15) is 18.8 Å². The highest BCUT2D eigenvalue weighted by atomic mass is 19.1. The van der Waals surface area contributed by atoms with Crippen LogP contribution in [0, 0.1) is 5.82 Å². The van der Waals surface area contributed by atoms with E-state index in [1.54, 1.807) is 13.1 Å². The number of pyridine rings is 1. The fourth-order valence-electron chi connectivity index (χ4n) is 2.48. The molecule has 10 heteroatoms. The van der Waals surface area contributed by atoms with Crippen LogP contribution in [0.15, 0.2) is 35.4 Å². The summed E-state index contributed by atoms with van der Waals surface area (Å²) in [6.45, 7) is 3.67. The summed E-state index contributed by atoms with van der Waals surface area (Å²) >= 11 is 0. The van der Waals surface area contributed by atoms with E-state index in [4.69, 9.17) is 0 Å². The van der Waals surface area contributed by atoms with Crippen LogP contribution in [0.4, 0.5) is 10.2 Å². The van der Waals surface area contributed by atoms with Crippen molar-refractivity contribution in [3.63, 3.8) is 0 Å². The Labute approximate surface area is 159 Å². The van der Waals surface area contributed by atoms with Gasteiger partial charge in [0.1, 0.15) is 17.2 Å². The minimum atomic E-state index is -0.547. The van der Waals surface area contributed by atoms with E-state index in [2.05, 4.69) is 20.4 Å². The summed E-state index contributed by atoms with van der Waals surface area (Å²) in [7, 11) is 1.61. The van der Waals surface area contributed by atoms with Gasteiger partial charge in [-0.15, -0.1) is 0 Å². The Bertz CT molecular complexity index is 1090. The SMILES string of the molecule is CC(C)N(C)C(=O)c1cnc2cc(CC(=O)Nc3ccc(F)cn3)[nH]n2c1=O. The molecule has 3 aromatic rings. The van der Waals surface area contributed by atoms with Gasteiger partial charge < -0.3 is 10.2 Å². The van der Waals surface area contributed by atoms with Crippen molar-refractivity contribution >= 4 is 23.3 Å². The van der Waals surface area contributed by atoms with Crippen LogP contribution in [-0.2, 0) is 11.2 Å². The minimum absolute atomic E-state index is 0.0675. The smallest absolute Gasteiger partial charge is 0.285 e. The van der Waals surface area contributed by atoms with E-state index in [1.807, 2.05) is 13.8 Å². The van der Waals surface area contributed by atoms with Gasteiger partial charge in [-0.1, -0.05) is 0 Å². The van der Waals surface area contributed by atoms with Crippen molar-refractivity contribution in [2.75, 3.05) is 12.4 Å². The van der Waals surface area contributed by atoms with Crippen molar-refractivity contribution in [2.24, 2.45) is 0 Å². The molecule has 0 aliphatic carbocycles. The quantitative estimate of drug-likeness (QED) is 0.685. The Morgan fingerprint density at radius 1 is 1.29 bits per heavy atom. The number of carbonyl (C=O) groups excluding carboxylic acids is 2. The van der Waals surface area contributed by atoms with Crippen LogP contribution in [0.3, 0.4) is 0 Å². The number of amides is 2. The molecular formula is C18H19FN6O3. The summed E-state index contributed by atoms with van der Waals surface area (Å²) in [4.78, 5) is 46.5. The third kappa shape index (κ3) is 3.90. The van der Waals surface area contributed by atoms with Crippen molar-refractivity contribution < 1.29 is 14.0 Å². The predicted octanol–water partition coefficient (Wildman–Crippen LogP) is 1.22. The summed E-state index contributed by atoms with van der Waals surface area (Å²) < 4.78 is 14.0. The highest BCUT2D eigenvalue weighted by molar-refractivity contribution is 5.94. The number of H-pyrrole nitrogens is 1. The van der Waals surface area contributed by atoms with E-state index < -0.39 is 23.2 Å². The molecule has 9 nitrogen and oxygen atoms in total. The number of fused-ring (bicyclic) bond motifs is 1. The third-order valence-corrected chi connectivity index (χ3v) is 4.22. The average Bonchev–Trinajstić information content (AvgIpc) is 3.06. The van der Waals surface area contributed by atoms with E-state index >= 15 is 0 Å². The molecule has 0 bridgehead atoms. The number of nitrogens with zero attached hydrogens (tertiary/aromatic N) is 4. The number of aromatic nitrogens is 4. The van der Waals surface area contributed by atoms with E-state index in [0.717, 1.165) is 10.7 Å². The Kier molecular flexibility index (Phi) is 5.21. The van der Waals surface area contributed by atoms with Gasteiger partial charge in [-0.3, -0.25) is 19.5 Å². The maximum atomic E-state index is 12.9. The number of hydrogen-bond donors (Lipinski definition) is 2. The molecule has 0 saturated carbocycles. The second-order valence-electron chi connectivity index (χ2n) is 6.55. The van der Waals surface area contributed by atoms with Crippen molar-refractivity contribution in [3.8, 4) is 0 Å². The molecule has 0 spiro atoms. The molecule has 0 aliphatic heterocycles. The fourth-order valence-corrected chi connectivity index (χ4v) is 2.48. The van der Waals surface area contributed by atoms with Crippen molar-refractivity contribution in [3.05, 3.63) is 58.0 Å². The van der Waals surface area contributed by atoms with Crippen molar-refractivity contribution in [2.45, 2.75) is 26.3 Å². The van der Waals surface area contributed by atoms with Crippen molar-refractivity contribution in [1.29, 1.82) is 0 Å². The van der Waals surface area contributed by atoms with Gasteiger partial charge in [0.25, 0.3) is 11.5 Å². The largest absolute Gasteiger partial charge is 0.339 e. The molecule has 0 aromatic carbocycles. The van der Waals surface area contributed by atoms with Gasteiger partial charge in [-0.2, -0.15) is 0 Å². The van der Waals surface area contributed by atoms with Gasteiger partial charge in [0.15, 0.2) is 5.65 Å². The minimum Gasteiger partial charge on any atom is -0.339 e. The zero-order valence-corrected chi connectivity index (χ0v) is 15.6. The second kappa shape index (κ2) is 7.59. The number of aromatic amines is 1. The molecule has 3 rings (SSSR count). The van der Waals surface area contributed by atoms with Gasteiger partial charge in [0.2, 0.25) is 5.91 Å². The van der Waals surface area contributed by atoms with Gasteiger partial charge in [-0.25, -0.2) is 18.9 Å². The third-order valence-electron chi connectivity index (χ3n) is 4.22. The van der Waals surface area contributed by atoms with E-state index in [0.29, 0.717) is 5.69 Å². The summed E-state index contributed by atoms with van der Waals surface area (Å²) in [5.74, 6) is -1.14. The first kappa shape index (κ1) is 19.2. The Morgan fingerprint density at radius 3 is 2.68 bits per heavy atom. The number of rotatable bonds is 5. The zero-order chi connectivity index (χ0) is 20.4. The maximum Gasteiger partial charge on any atom is 0.285 e. The fraction of sp³-hybridized carbons (Fsp3) is 0.278. The van der Waals surface area contributed by atoms with Gasteiger partial charge in [0, 0.05) is 31.0 Å². The summed E-state index contributed by atoms with van der Waals surface area (Å²) in [5.41, 5.74) is 0.0962. The number of nitrogens with one attached hydrogen (secondary N) is 2. The molecule has 0 unspecified atom stereocenters. The van der Waals surface area contributed by atoms with Crippen LogP contribution < -0.4 is 10.9 Å². The predicted molar refractivity (Wildman–Crippen MR) is 99.6 cm³/mol. The maximum absolute atomic E-state index is 12.9. The Hall–Kier alpha value is -3.56. The van der Waals surface area contributed by atoms with Gasteiger partial charge >= 0.3 is 0 Å². The lowest BCUT2D eigenvalue weighted by molar-refractivity contribution is -0.115. The summed E-state index contributed by atoms with van der Waals surface area (Å²) in [6, 6.07) is 3.99. The van der Waals surface area contributed by atoms with Crippen LogP contribution in [0.25, 0.3) is 5.65 Å². The lowest BCUT2D eigenvalue weighted by Gasteiger charge is -2.20. The first-order valence-electron chi connectivity index (χ1n) is 8.54. The topological polar surface area (TPSA) is 112 Å². The van der Waals surface area contributed by atoms with Crippen LogP contribution in [0.5, 0.6) is 0 Å². The first-order chi connectivity index (χ1) is 13.3. The summed E-state index contributed by atoms with van der Waals surface area (Å²) in [5, 5.41) is 5.31. The molecular weight excluding hydrogens is 367 g/mol. The van der Waals surface area contributed by atoms with Crippen LogP contribution >= 0.6 is 0 Å². The molecule has 0 radical (unpaired) electrons. The lowest BCUT2D eigenvalue weighted by atomic mass is 10.2. The normalized spacial score (nSPS) is 11.0. The molecule has 2 amide bonds. The number of anilines is 1. The molecule has 0 aliphatic rings. The van der Waals surface area contributed by atoms with Crippen molar-refractivity contribution in [1.82, 2.24) is 24.5 Å². The second-order valence-corrected chi connectivity index (χ2v) is 6.55. The lowest BCUT2D eigenvalue weighted by Crippen LogP contribution is -2.37. The molecule has 0 atom stereocenters. The standard InChI is InChI=1S/C18H19FN6O3/c1-10(2)24(3)17(27)13-9-21-15-6-12(23-25(15)18(13)28)7-16(26)22-14-5-4-11(19)8-20-14/h4-6,8-10,23H,7H2,1-3H3,(H,20,22,26). The molecule has 3 heterocycles. The molecule has 28 heavy (non-hydrogen) atoms. The molecule has 0 saturated heterocycles. The number of carbonyl (C=O) groups is 2. The first-order valence-corrected chi connectivity index (χ1v) is 8.54. The van der Waals surface area contributed by atoms with Gasteiger partial charge in [0.05, 0.1) is 12.6 Å². The van der Waals surface area contributed by atoms with E-state index in [-0.39, 0.29) is 29.5 Å². The Balaban J connectivity index is 1.81. The van der Waals surface area contributed by atoms with Crippen LogP contribution in [0.2, 0.25) is 0 Å². The molecule has 2 N–H and O–H groups in total.